The molecule has 5 heteroatoms. The molecule has 1 saturated heterocycles. The molecule has 0 radical (unpaired) electrons. The Labute approximate surface area is 81.8 Å². The third-order valence-electron chi connectivity index (χ3n) is 2.15. The first-order valence-electron chi connectivity index (χ1n) is 4.29. The Hall–Kier alpha value is -1.65. The maximum Gasteiger partial charge on any atom is 0.251 e. The van der Waals surface area contributed by atoms with Crippen molar-refractivity contribution in [2.75, 3.05) is 7.05 Å². The molecule has 1 unspecified atom stereocenters. The second-order valence-corrected chi connectivity index (χ2v) is 3.09. The number of likely N-dealkylation sites (N-methyl/N-ethyl adjacent to an activating group) is 1. The molecule has 1 fully saturated rings. The molecule has 0 bridgehead atoms. The first-order chi connectivity index (χ1) is 6.56. The lowest BCUT2D eigenvalue weighted by atomic mass is 10.0. The summed E-state index contributed by atoms with van der Waals surface area (Å²) in [5.41, 5.74) is 0. The largest absolute Gasteiger partial charge is 0.341 e. The summed E-state index contributed by atoms with van der Waals surface area (Å²) in [5, 5.41) is 2.47. The van der Waals surface area contributed by atoms with E-state index >= 15 is 0 Å². The lowest BCUT2D eigenvalue weighted by molar-refractivity contribution is -0.149. The predicted octanol–water partition coefficient (Wildman–Crippen LogP) is -0.564. The van der Waals surface area contributed by atoms with Gasteiger partial charge in [-0.3, -0.25) is 19.3 Å². The van der Waals surface area contributed by atoms with E-state index in [0.29, 0.717) is 6.42 Å². The van der Waals surface area contributed by atoms with Gasteiger partial charge >= 0.3 is 0 Å². The Kier molecular flexibility index (Phi) is 3.01. The normalized spacial score (nSPS) is 22.1. The minimum absolute atomic E-state index is 0.209. The van der Waals surface area contributed by atoms with E-state index in [0.717, 1.165) is 11.0 Å². The zero-order chi connectivity index (χ0) is 10.7. The highest BCUT2D eigenvalue weighted by molar-refractivity contribution is 6.02. The van der Waals surface area contributed by atoms with Crippen molar-refractivity contribution in [3.63, 3.8) is 0 Å². The Balaban J connectivity index is 2.64. The quantitative estimate of drug-likeness (QED) is 0.475. The van der Waals surface area contributed by atoms with Gasteiger partial charge in [0.1, 0.15) is 6.04 Å². The Morgan fingerprint density at radius 3 is 2.86 bits per heavy atom. The van der Waals surface area contributed by atoms with E-state index in [1.54, 1.807) is 0 Å². The fourth-order valence-corrected chi connectivity index (χ4v) is 1.28. The highest BCUT2D eigenvalue weighted by atomic mass is 16.2. The summed E-state index contributed by atoms with van der Waals surface area (Å²) in [6.07, 6.45) is 1.75. The Morgan fingerprint density at radius 2 is 2.29 bits per heavy atom. The SMILES string of the molecule is C=CC(=O)NC1CCC(=O)N(C)C1=O. The first kappa shape index (κ1) is 10.4. The van der Waals surface area contributed by atoms with Crippen LogP contribution < -0.4 is 5.32 Å². The Bertz CT molecular complexity index is 298. The number of rotatable bonds is 2. The predicted molar refractivity (Wildman–Crippen MR) is 49.1 cm³/mol. The molecule has 1 rings (SSSR count). The number of piperidine rings is 1. The summed E-state index contributed by atoms with van der Waals surface area (Å²) >= 11 is 0. The molecule has 0 aromatic rings. The second-order valence-electron chi connectivity index (χ2n) is 3.09. The van der Waals surface area contributed by atoms with E-state index in [2.05, 4.69) is 11.9 Å². The van der Waals surface area contributed by atoms with Crippen molar-refractivity contribution in [1.29, 1.82) is 0 Å². The summed E-state index contributed by atoms with van der Waals surface area (Å²) in [7, 11) is 1.41. The van der Waals surface area contributed by atoms with Gasteiger partial charge in [0.15, 0.2) is 0 Å². The third kappa shape index (κ3) is 1.99. The zero-order valence-corrected chi connectivity index (χ0v) is 7.95. The number of nitrogens with one attached hydrogen (secondary N) is 1. The minimum Gasteiger partial charge on any atom is -0.341 e. The molecule has 0 saturated carbocycles. The van der Waals surface area contributed by atoms with E-state index < -0.39 is 11.9 Å². The minimum atomic E-state index is -0.594. The molecule has 14 heavy (non-hydrogen) atoms. The number of carbonyl (C=O) groups is 3. The van der Waals surface area contributed by atoms with Crippen LogP contribution in [0.15, 0.2) is 12.7 Å². The molecule has 1 aliphatic heterocycles. The smallest absolute Gasteiger partial charge is 0.251 e. The lowest BCUT2D eigenvalue weighted by Crippen LogP contribution is -2.52. The highest BCUT2D eigenvalue weighted by Crippen LogP contribution is 2.11. The maximum atomic E-state index is 11.4. The molecule has 1 aliphatic rings. The van der Waals surface area contributed by atoms with Crippen molar-refractivity contribution in [2.24, 2.45) is 0 Å². The van der Waals surface area contributed by atoms with Crippen molar-refractivity contribution >= 4 is 17.7 Å². The van der Waals surface area contributed by atoms with Crippen LogP contribution in [0.3, 0.4) is 0 Å². The number of nitrogens with zero attached hydrogens (tertiary/aromatic N) is 1. The molecular formula is C9H12N2O3. The number of imide groups is 1. The summed E-state index contributed by atoms with van der Waals surface area (Å²) in [6, 6.07) is -0.594. The fraction of sp³-hybridized carbons (Fsp3) is 0.444. The van der Waals surface area contributed by atoms with E-state index in [1.165, 1.54) is 7.05 Å². The molecule has 3 amide bonds. The van der Waals surface area contributed by atoms with Crippen LogP contribution in [-0.4, -0.2) is 35.7 Å². The van der Waals surface area contributed by atoms with Crippen molar-refractivity contribution < 1.29 is 14.4 Å². The lowest BCUT2D eigenvalue weighted by Gasteiger charge is -2.27. The van der Waals surface area contributed by atoms with Crippen molar-refractivity contribution in [3.05, 3.63) is 12.7 Å². The zero-order valence-electron chi connectivity index (χ0n) is 7.95. The van der Waals surface area contributed by atoms with E-state index in [9.17, 15) is 14.4 Å². The van der Waals surface area contributed by atoms with Gasteiger partial charge in [0.05, 0.1) is 0 Å². The fourth-order valence-electron chi connectivity index (χ4n) is 1.28. The summed E-state index contributed by atoms with van der Waals surface area (Å²) in [6.45, 7) is 3.28. The third-order valence-corrected chi connectivity index (χ3v) is 2.15. The van der Waals surface area contributed by atoms with Gasteiger partial charge < -0.3 is 5.32 Å². The van der Waals surface area contributed by atoms with Crippen LogP contribution in [0.25, 0.3) is 0 Å². The highest BCUT2D eigenvalue weighted by Gasteiger charge is 2.32. The molecule has 0 spiro atoms. The summed E-state index contributed by atoms with van der Waals surface area (Å²) in [5.74, 6) is -0.971. The summed E-state index contributed by atoms with van der Waals surface area (Å²) < 4.78 is 0. The monoisotopic (exact) mass is 196 g/mol. The second kappa shape index (κ2) is 4.04. The van der Waals surface area contributed by atoms with Gasteiger partial charge in [-0.05, 0) is 12.5 Å². The van der Waals surface area contributed by atoms with Gasteiger partial charge in [-0.1, -0.05) is 6.58 Å². The molecule has 1 atom stereocenters. The van der Waals surface area contributed by atoms with Crippen LogP contribution in [0.2, 0.25) is 0 Å². The number of carbonyl (C=O) groups excluding carboxylic acids is 3. The van der Waals surface area contributed by atoms with Crippen molar-refractivity contribution in [1.82, 2.24) is 10.2 Å². The number of amides is 3. The van der Waals surface area contributed by atoms with Crippen LogP contribution in [0.5, 0.6) is 0 Å². The van der Waals surface area contributed by atoms with Gasteiger partial charge in [0.2, 0.25) is 11.8 Å². The average Bonchev–Trinajstić information content (AvgIpc) is 2.19. The van der Waals surface area contributed by atoms with Crippen molar-refractivity contribution in [3.8, 4) is 0 Å². The molecule has 1 heterocycles. The van der Waals surface area contributed by atoms with Gasteiger partial charge in [0, 0.05) is 13.5 Å². The number of hydrogen-bond acceptors (Lipinski definition) is 3. The molecule has 0 aromatic carbocycles. The van der Waals surface area contributed by atoms with E-state index in [4.69, 9.17) is 0 Å². The van der Waals surface area contributed by atoms with Gasteiger partial charge in [-0.25, -0.2) is 0 Å². The van der Waals surface area contributed by atoms with E-state index in [-0.39, 0.29) is 18.2 Å². The molecule has 76 valence electrons. The standard InChI is InChI=1S/C9H12N2O3/c1-3-7(12)10-6-4-5-8(13)11(2)9(6)14/h3,6H,1,4-5H2,2H3,(H,10,12). The Morgan fingerprint density at radius 1 is 1.64 bits per heavy atom. The number of hydrogen-bond donors (Lipinski definition) is 1. The van der Waals surface area contributed by atoms with Crippen LogP contribution in [-0.2, 0) is 14.4 Å². The van der Waals surface area contributed by atoms with Gasteiger partial charge in [0.25, 0.3) is 5.91 Å². The van der Waals surface area contributed by atoms with Crippen LogP contribution >= 0.6 is 0 Å². The molecule has 0 aromatic heterocycles. The van der Waals surface area contributed by atoms with Gasteiger partial charge in [-0.15, -0.1) is 0 Å². The molecule has 0 aliphatic carbocycles. The first-order valence-corrected chi connectivity index (χ1v) is 4.29. The molecule has 5 nitrogen and oxygen atoms in total. The van der Waals surface area contributed by atoms with E-state index in [1.807, 2.05) is 0 Å². The van der Waals surface area contributed by atoms with Gasteiger partial charge in [-0.2, -0.15) is 0 Å². The van der Waals surface area contributed by atoms with Crippen LogP contribution in [0, 0.1) is 0 Å². The summed E-state index contributed by atoms with van der Waals surface area (Å²) in [4.78, 5) is 34.5. The maximum absolute atomic E-state index is 11.4. The van der Waals surface area contributed by atoms with Crippen LogP contribution in [0.4, 0.5) is 0 Å². The van der Waals surface area contributed by atoms with Crippen molar-refractivity contribution in [2.45, 2.75) is 18.9 Å². The van der Waals surface area contributed by atoms with Crippen LogP contribution in [0.1, 0.15) is 12.8 Å². The molecule has 1 N–H and O–H groups in total. The number of likely N-dealkylation sites (tertiary alicyclic amines) is 1. The molecular weight excluding hydrogens is 184 g/mol. The average molecular weight is 196 g/mol. The topological polar surface area (TPSA) is 66.5 Å².